The van der Waals surface area contributed by atoms with Crippen LogP contribution in [0.4, 0.5) is 0 Å². The molecule has 23 heavy (non-hydrogen) atoms. The van der Waals surface area contributed by atoms with Gasteiger partial charge in [-0.25, -0.2) is 0 Å². The van der Waals surface area contributed by atoms with Crippen molar-refractivity contribution in [3.05, 3.63) is 34.9 Å². The fraction of sp³-hybridized carbons (Fsp3) is 0.500. The van der Waals surface area contributed by atoms with Crippen molar-refractivity contribution < 1.29 is 14.3 Å². The van der Waals surface area contributed by atoms with Gasteiger partial charge in [0.05, 0.1) is 12.2 Å². The van der Waals surface area contributed by atoms with Crippen LogP contribution in [0.15, 0.2) is 18.2 Å². The molecule has 1 amide bonds. The summed E-state index contributed by atoms with van der Waals surface area (Å²) in [6.45, 7) is 8.51. The van der Waals surface area contributed by atoms with E-state index in [0.717, 1.165) is 11.1 Å². The summed E-state index contributed by atoms with van der Waals surface area (Å²) in [4.78, 5) is 24.5. The Morgan fingerprint density at radius 3 is 2.57 bits per heavy atom. The van der Waals surface area contributed by atoms with Crippen molar-refractivity contribution in [2.75, 3.05) is 13.2 Å². The predicted molar refractivity (Wildman–Crippen MR) is 88.1 cm³/mol. The molecule has 1 rings (SSSR count). The molecule has 0 aromatic heterocycles. The molecule has 0 aliphatic heterocycles. The van der Waals surface area contributed by atoms with Gasteiger partial charge >= 0.3 is 0 Å². The predicted octanol–water partition coefficient (Wildman–Crippen LogP) is 2.56. The molecule has 0 bridgehead atoms. The molecular weight excluding hydrogens is 292 g/mol. The summed E-state index contributed by atoms with van der Waals surface area (Å²) in [7, 11) is 0. The number of hydrogen-bond donors (Lipinski definition) is 1. The van der Waals surface area contributed by atoms with Crippen LogP contribution in [0.5, 0.6) is 0 Å². The summed E-state index contributed by atoms with van der Waals surface area (Å²) in [5.74, 6) is -2.33. The molecule has 1 atom stereocenters. The first kappa shape index (κ1) is 18.9. The second-order valence-electron chi connectivity index (χ2n) is 5.81. The number of amides is 1. The number of Topliss-reactive ketones (excluding diaryl/α,β-unsaturated/α-hetero) is 1. The number of nitrogens with zero attached hydrogens (tertiary/aromatic N) is 1. The summed E-state index contributed by atoms with van der Waals surface area (Å²) in [6.07, 6.45) is 0.781. The Morgan fingerprint density at radius 2 is 2.00 bits per heavy atom. The number of ketones is 1. The minimum atomic E-state index is -1.32. The molecule has 1 unspecified atom stereocenters. The van der Waals surface area contributed by atoms with E-state index < -0.39 is 17.6 Å². The number of hydrogen-bond acceptors (Lipinski definition) is 4. The lowest BCUT2D eigenvalue weighted by Crippen LogP contribution is -2.35. The molecule has 5 heteroatoms. The van der Waals surface area contributed by atoms with Crippen molar-refractivity contribution in [2.45, 2.75) is 40.2 Å². The average molecular weight is 316 g/mol. The fourth-order valence-corrected chi connectivity index (χ4v) is 2.19. The van der Waals surface area contributed by atoms with Crippen LogP contribution < -0.4 is 5.32 Å². The van der Waals surface area contributed by atoms with Gasteiger partial charge in [0, 0.05) is 18.7 Å². The third-order valence-corrected chi connectivity index (χ3v) is 3.37. The molecule has 0 saturated heterocycles. The highest BCUT2D eigenvalue weighted by molar-refractivity contribution is 6.12. The van der Waals surface area contributed by atoms with Gasteiger partial charge in [0.15, 0.2) is 11.7 Å². The normalized spacial score (nSPS) is 11.8. The smallest absolute Gasteiger partial charge is 0.245 e. The number of carbonyl (C=O) groups excluding carboxylic acids is 2. The lowest BCUT2D eigenvalue weighted by Gasteiger charge is -2.12. The Kier molecular flexibility index (Phi) is 7.43. The Morgan fingerprint density at radius 1 is 1.30 bits per heavy atom. The van der Waals surface area contributed by atoms with E-state index in [1.54, 1.807) is 19.1 Å². The minimum absolute atomic E-state index is 0.142. The molecule has 0 saturated carbocycles. The van der Waals surface area contributed by atoms with Crippen LogP contribution in [0, 0.1) is 31.1 Å². The zero-order valence-corrected chi connectivity index (χ0v) is 14.2. The third kappa shape index (κ3) is 5.84. The minimum Gasteiger partial charge on any atom is -0.379 e. The highest BCUT2D eigenvalue weighted by Gasteiger charge is 2.28. The van der Waals surface area contributed by atoms with E-state index in [1.165, 1.54) is 0 Å². The molecule has 1 N–H and O–H groups in total. The maximum absolute atomic E-state index is 12.4. The first-order valence-corrected chi connectivity index (χ1v) is 7.77. The Labute approximate surface area is 137 Å². The summed E-state index contributed by atoms with van der Waals surface area (Å²) in [5.41, 5.74) is 2.22. The van der Waals surface area contributed by atoms with Gasteiger partial charge in [0.1, 0.15) is 0 Å². The molecule has 0 heterocycles. The van der Waals surface area contributed by atoms with E-state index in [-0.39, 0.29) is 6.10 Å². The number of ether oxygens (including phenoxy) is 1. The lowest BCUT2D eigenvalue weighted by atomic mass is 9.94. The number of carbonyl (C=O) groups is 2. The van der Waals surface area contributed by atoms with Crippen molar-refractivity contribution in [3.8, 4) is 6.07 Å². The Bertz CT molecular complexity index is 603. The molecule has 124 valence electrons. The molecule has 0 aliphatic rings. The third-order valence-electron chi connectivity index (χ3n) is 3.37. The van der Waals surface area contributed by atoms with Crippen LogP contribution in [-0.4, -0.2) is 30.9 Å². The number of aryl methyl sites for hydroxylation is 2. The second kappa shape index (κ2) is 9.06. The maximum atomic E-state index is 12.4. The highest BCUT2D eigenvalue weighted by atomic mass is 16.5. The number of nitriles is 1. The quantitative estimate of drug-likeness (QED) is 0.454. The van der Waals surface area contributed by atoms with Gasteiger partial charge in [0.25, 0.3) is 0 Å². The van der Waals surface area contributed by atoms with E-state index in [1.807, 2.05) is 32.9 Å². The van der Waals surface area contributed by atoms with Crippen molar-refractivity contribution in [2.24, 2.45) is 5.92 Å². The molecular formula is C18H24N2O3. The molecule has 1 aromatic rings. The number of nitrogens with one attached hydrogen (secondary N) is 1. The van der Waals surface area contributed by atoms with Crippen molar-refractivity contribution in [1.82, 2.24) is 5.32 Å². The monoisotopic (exact) mass is 316 g/mol. The zero-order valence-electron chi connectivity index (χ0n) is 14.2. The van der Waals surface area contributed by atoms with Crippen molar-refractivity contribution in [3.63, 3.8) is 0 Å². The van der Waals surface area contributed by atoms with Gasteiger partial charge in [-0.15, -0.1) is 0 Å². The molecule has 0 fully saturated rings. The Hall–Kier alpha value is -2.19. The van der Waals surface area contributed by atoms with Crippen LogP contribution in [0.1, 0.15) is 41.8 Å². The molecule has 5 nitrogen and oxygen atoms in total. The lowest BCUT2D eigenvalue weighted by molar-refractivity contribution is -0.122. The average Bonchev–Trinajstić information content (AvgIpc) is 2.47. The summed E-state index contributed by atoms with van der Waals surface area (Å²) < 4.78 is 5.37. The topological polar surface area (TPSA) is 79.2 Å². The number of rotatable bonds is 8. The van der Waals surface area contributed by atoms with Gasteiger partial charge < -0.3 is 10.1 Å². The van der Waals surface area contributed by atoms with E-state index in [2.05, 4.69) is 5.32 Å². The standard InChI is InChI=1S/C18H24N2O3/c1-12(2)23-9-5-8-20-18(22)16(11-19)17(21)15-7-6-13(3)10-14(15)4/h6-7,10,12,16H,5,8-9H2,1-4H3,(H,20,22). The van der Waals surface area contributed by atoms with Crippen LogP contribution in [0.25, 0.3) is 0 Å². The summed E-state index contributed by atoms with van der Waals surface area (Å²) >= 11 is 0. The zero-order chi connectivity index (χ0) is 17.4. The van der Waals surface area contributed by atoms with Crippen LogP contribution in [0.3, 0.4) is 0 Å². The van der Waals surface area contributed by atoms with E-state index in [9.17, 15) is 14.9 Å². The molecule has 0 radical (unpaired) electrons. The molecule has 1 aromatic carbocycles. The van der Waals surface area contributed by atoms with Crippen LogP contribution in [0.2, 0.25) is 0 Å². The fourth-order valence-electron chi connectivity index (χ4n) is 2.19. The largest absolute Gasteiger partial charge is 0.379 e. The number of benzene rings is 1. The van der Waals surface area contributed by atoms with Gasteiger partial charge in [-0.2, -0.15) is 5.26 Å². The van der Waals surface area contributed by atoms with Gasteiger partial charge in [-0.3, -0.25) is 9.59 Å². The van der Waals surface area contributed by atoms with Crippen molar-refractivity contribution >= 4 is 11.7 Å². The molecule has 0 aliphatic carbocycles. The summed E-state index contributed by atoms with van der Waals surface area (Å²) in [5, 5.41) is 11.8. The highest BCUT2D eigenvalue weighted by Crippen LogP contribution is 2.15. The Balaban J connectivity index is 2.63. The first-order valence-electron chi connectivity index (χ1n) is 7.77. The second-order valence-corrected chi connectivity index (χ2v) is 5.81. The van der Waals surface area contributed by atoms with Crippen LogP contribution >= 0.6 is 0 Å². The SMILES string of the molecule is Cc1ccc(C(=O)C(C#N)C(=O)NCCCOC(C)C)c(C)c1. The van der Waals surface area contributed by atoms with E-state index >= 15 is 0 Å². The van der Waals surface area contributed by atoms with Crippen LogP contribution in [-0.2, 0) is 9.53 Å². The van der Waals surface area contributed by atoms with Crippen molar-refractivity contribution in [1.29, 1.82) is 5.26 Å². The van der Waals surface area contributed by atoms with Gasteiger partial charge in [0.2, 0.25) is 5.91 Å². The van der Waals surface area contributed by atoms with Gasteiger partial charge in [-0.05, 0) is 39.7 Å². The van der Waals surface area contributed by atoms with Gasteiger partial charge in [-0.1, -0.05) is 23.8 Å². The van der Waals surface area contributed by atoms with E-state index in [0.29, 0.717) is 25.1 Å². The maximum Gasteiger partial charge on any atom is 0.245 e. The van der Waals surface area contributed by atoms with E-state index in [4.69, 9.17) is 4.74 Å². The first-order chi connectivity index (χ1) is 10.9. The summed E-state index contributed by atoms with van der Waals surface area (Å²) in [6, 6.07) is 7.14. The molecule has 0 spiro atoms.